The zero-order valence-corrected chi connectivity index (χ0v) is 17.0. The zero-order chi connectivity index (χ0) is 18.7. The van der Waals surface area contributed by atoms with Gasteiger partial charge in [-0.25, -0.2) is 9.78 Å². The van der Waals surface area contributed by atoms with E-state index in [1.807, 2.05) is 19.5 Å². The molecule has 1 saturated heterocycles. The van der Waals surface area contributed by atoms with Crippen molar-refractivity contribution < 1.29 is 14.7 Å². The summed E-state index contributed by atoms with van der Waals surface area (Å²) in [4.78, 5) is 32.9. The summed E-state index contributed by atoms with van der Waals surface area (Å²) in [5.74, 6) is 0.361. The van der Waals surface area contributed by atoms with Crippen LogP contribution in [-0.2, 0) is 16.0 Å². The Morgan fingerprint density at radius 1 is 1.38 bits per heavy atom. The van der Waals surface area contributed by atoms with E-state index in [-0.39, 0.29) is 18.4 Å². The van der Waals surface area contributed by atoms with E-state index < -0.39 is 12.0 Å². The molecule has 0 bridgehead atoms. The molecule has 0 radical (unpaired) electrons. The van der Waals surface area contributed by atoms with Crippen molar-refractivity contribution in [3.05, 3.63) is 11.1 Å². The third-order valence-electron chi connectivity index (χ3n) is 5.29. The Bertz CT molecular complexity index is 649. The fourth-order valence-electron chi connectivity index (χ4n) is 4.04. The van der Waals surface area contributed by atoms with E-state index >= 15 is 0 Å². The van der Waals surface area contributed by atoms with Gasteiger partial charge in [0.25, 0.3) is 0 Å². The highest BCUT2D eigenvalue weighted by Gasteiger charge is 2.47. The van der Waals surface area contributed by atoms with Gasteiger partial charge in [-0.05, 0) is 39.3 Å². The first-order valence-corrected chi connectivity index (χ1v) is 11.1. The number of likely N-dealkylation sites (tertiary alicyclic amines) is 1. The van der Waals surface area contributed by atoms with Crippen molar-refractivity contribution in [2.75, 3.05) is 26.4 Å². The molecule has 1 N–H and O–H groups in total. The van der Waals surface area contributed by atoms with Crippen LogP contribution in [0, 0.1) is 5.92 Å². The van der Waals surface area contributed by atoms with Crippen molar-refractivity contribution in [3.63, 3.8) is 0 Å². The smallest absolute Gasteiger partial charge is 0.326 e. The average Bonchev–Trinajstić information content (AvgIpc) is 3.18. The number of carbonyl (C=O) groups excluding carboxylic acids is 1. The summed E-state index contributed by atoms with van der Waals surface area (Å²) in [6.07, 6.45) is 5.02. The number of carboxylic acids is 1. The summed E-state index contributed by atoms with van der Waals surface area (Å²) in [6.45, 7) is 0.982. The van der Waals surface area contributed by atoms with Crippen LogP contribution in [0.25, 0.3) is 0 Å². The van der Waals surface area contributed by atoms with Gasteiger partial charge < -0.3 is 14.9 Å². The molecule has 0 unspecified atom stereocenters. The van der Waals surface area contributed by atoms with Gasteiger partial charge >= 0.3 is 5.97 Å². The van der Waals surface area contributed by atoms with Gasteiger partial charge in [0.2, 0.25) is 5.91 Å². The summed E-state index contributed by atoms with van der Waals surface area (Å²) < 4.78 is 0.974. The molecule has 6 nitrogen and oxygen atoms in total. The van der Waals surface area contributed by atoms with Crippen LogP contribution in [-0.4, -0.2) is 70.2 Å². The highest BCUT2D eigenvalue weighted by molar-refractivity contribution is 8.01. The van der Waals surface area contributed by atoms with E-state index in [0.29, 0.717) is 12.3 Å². The first-order chi connectivity index (χ1) is 12.5. The minimum Gasteiger partial charge on any atom is -0.480 e. The molecule has 26 heavy (non-hydrogen) atoms. The Kier molecular flexibility index (Phi) is 6.58. The van der Waals surface area contributed by atoms with Gasteiger partial charge in [-0.15, -0.1) is 11.3 Å². The second-order valence-corrected chi connectivity index (χ2v) is 9.64. The van der Waals surface area contributed by atoms with Gasteiger partial charge in [-0.2, -0.15) is 0 Å². The number of hydrogen-bond donors (Lipinski definition) is 1. The SMILES string of the molecule is CN(C)CCSc1nc(CC(=O)N2[C@H](C(=O)O)C[C@@H]3CCCC[C@@H]32)cs1. The monoisotopic (exact) mass is 397 g/mol. The fraction of sp³-hybridized carbons (Fsp3) is 0.722. The number of thioether (sulfide) groups is 1. The third-order valence-corrected chi connectivity index (χ3v) is 7.34. The number of carboxylic acid groups (broad SMARTS) is 1. The molecule has 2 heterocycles. The summed E-state index contributed by atoms with van der Waals surface area (Å²) in [6, 6.07) is -0.562. The van der Waals surface area contributed by atoms with Crippen molar-refractivity contribution in [1.82, 2.24) is 14.8 Å². The predicted molar refractivity (Wildman–Crippen MR) is 104 cm³/mol. The lowest BCUT2D eigenvalue weighted by Crippen LogP contribution is -2.46. The summed E-state index contributed by atoms with van der Waals surface area (Å²) >= 11 is 3.26. The quantitative estimate of drug-likeness (QED) is 0.713. The summed E-state index contributed by atoms with van der Waals surface area (Å²) in [7, 11) is 4.08. The molecule has 2 fully saturated rings. The van der Waals surface area contributed by atoms with Crippen LogP contribution >= 0.6 is 23.1 Å². The molecule has 144 valence electrons. The molecule has 1 amide bonds. The van der Waals surface area contributed by atoms with Gasteiger partial charge in [0.05, 0.1) is 12.1 Å². The molecule has 1 aromatic rings. The zero-order valence-electron chi connectivity index (χ0n) is 15.4. The number of amides is 1. The van der Waals surface area contributed by atoms with Crippen molar-refractivity contribution in [3.8, 4) is 0 Å². The van der Waals surface area contributed by atoms with Gasteiger partial charge in [0, 0.05) is 23.7 Å². The van der Waals surface area contributed by atoms with Crippen LogP contribution in [0.3, 0.4) is 0 Å². The van der Waals surface area contributed by atoms with Gasteiger partial charge in [-0.1, -0.05) is 24.6 Å². The van der Waals surface area contributed by atoms with E-state index in [1.165, 1.54) is 0 Å². The van der Waals surface area contributed by atoms with Crippen molar-refractivity contribution in [2.24, 2.45) is 5.92 Å². The maximum Gasteiger partial charge on any atom is 0.326 e. The Morgan fingerprint density at radius 2 is 2.15 bits per heavy atom. The average molecular weight is 398 g/mol. The molecule has 1 saturated carbocycles. The minimum absolute atomic E-state index is 0.0815. The number of rotatable bonds is 7. The van der Waals surface area contributed by atoms with Crippen LogP contribution < -0.4 is 0 Å². The third kappa shape index (κ3) is 4.58. The molecule has 3 rings (SSSR count). The maximum absolute atomic E-state index is 12.9. The Balaban J connectivity index is 1.63. The summed E-state index contributed by atoms with van der Waals surface area (Å²) in [5, 5.41) is 11.5. The van der Waals surface area contributed by atoms with E-state index in [2.05, 4.69) is 9.88 Å². The minimum atomic E-state index is -0.869. The number of aliphatic carboxylic acids is 1. The van der Waals surface area contributed by atoms with Crippen LogP contribution in [0.2, 0.25) is 0 Å². The molecule has 1 aliphatic heterocycles. The molecular weight excluding hydrogens is 370 g/mol. The lowest BCUT2D eigenvalue weighted by Gasteiger charge is -2.32. The first kappa shape index (κ1) is 19.6. The molecule has 8 heteroatoms. The van der Waals surface area contributed by atoms with E-state index in [9.17, 15) is 14.7 Å². The van der Waals surface area contributed by atoms with Gasteiger partial charge in [0.1, 0.15) is 10.4 Å². The number of aromatic nitrogens is 1. The predicted octanol–water partition coefficient (Wildman–Crippen LogP) is 2.58. The van der Waals surface area contributed by atoms with Gasteiger partial charge in [0.15, 0.2) is 0 Å². The topological polar surface area (TPSA) is 73.7 Å². The largest absolute Gasteiger partial charge is 0.480 e. The standard InChI is InChI=1S/C18H27N3O3S2/c1-20(2)7-8-25-18-19-13(11-26-18)10-16(22)21-14-6-4-3-5-12(14)9-15(21)17(23)24/h11-12,14-15H,3-10H2,1-2H3,(H,23,24)/t12-,14-,15-/m0/s1. The van der Waals surface area contributed by atoms with Crippen LogP contribution in [0.1, 0.15) is 37.8 Å². The van der Waals surface area contributed by atoms with E-state index in [1.54, 1.807) is 28.0 Å². The molecule has 0 aromatic carbocycles. The number of thiazole rings is 1. The van der Waals surface area contributed by atoms with Crippen LogP contribution in [0.5, 0.6) is 0 Å². The fourth-order valence-corrected chi connectivity index (χ4v) is 6.06. The van der Waals surface area contributed by atoms with Crippen molar-refractivity contribution in [2.45, 2.75) is 54.9 Å². The number of carbonyl (C=O) groups is 2. The van der Waals surface area contributed by atoms with Crippen molar-refractivity contribution >= 4 is 35.0 Å². The van der Waals surface area contributed by atoms with E-state index in [4.69, 9.17) is 0 Å². The van der Waals surface area contributed by atoms with E-state index in [0.717, 1.165) is 48.0 Å². The molecule has 1 aliphatic carbocycles. The van der Waals surface area contributed by atoms with Crippen LogP contribution in [0.15, 0.2) is 9.72 Å². The van der Waals surface area contributed by atoms with Gasteiger partial charge in [-0.3, -0.25) is 4.79 Å². The number of nitrogens with zero attached hydrogens (tertiary/aromatic N) is 3. The summed E-state index contributed by atoms with van der Waals surface area (Å²) in [5.41, 5.74) is 0.760. The Morgan fingerprint density at radius 3 is 2.88 bits per heavy atom. The van der Waals surface area contributed by atoms with Crippen LogP contribution in [0.4, 0.5) is 0 Å². The second kappa shape index (κ2) is 8.71. The highest BCUT2D eigenvalue weighted by Crippen LogP contribution is 2.40. The molecule has 2 aliphatic rings. The van der Waals surface area contributed by atoms with Crippen molar-refractivity contribution in [1.29, 1.82) is 0 Å². The maximum atomic E-state index is 12.9. The Hall–Kier alpha value is -1.12. The Labute approximate surface area is 163 Å². The second-order valence-electron chi connectivity index (χ2n) is 7.44. The highest BCUT2D eigenvalue weighted by atomic mass is 32.2. The molecule has 3 atom stereocenters. The molecule has 1 aromatic heterocycles. The molecule has 0 spiro atoms. The number of fused-ring (bicyclic) bond motifs is 1. The first-order valence-electron chi connectivity index (χ1n) is 9.21. The number of hydrogen-bond acceptors (Lipinski definition) is 6. The lowest BCUT2D eigenvalue weighted by molar-refractivity contribution is -0.149. The lowest BCUT2D eigenvalue weighted by atomic mass is 9.84. The normalized spacial score (nSPS) is 25.5. The molecular formula is C18H27N3O3S2.